The van der Waals surface area contributed by atoms with Gasteiger partial charge in [0.2, 0.25) is 5.91 Å². The van der Waals surface area contributed by atoms with Gasteiger partial charge in [-0.15, -0.1) is 0 Å². The Bertz CT molecular complexity index is 1010. The fraction of sp³-hybridized carbons (Fsp3) is 0.406. The largest absolute Gasteiger partial charge is 0.395 e. The van der Waals surface area contributed by atoms with E-state index in [1.165, 1.54) is 46.2 Å². The highest BCUT2D eigenvalue weighted by Gasteiger charge is 2.17. The summed E-state index contributed by atoms with van der Waals surface area (Å²) in [7, 11) is 0. The number of unbranched alkanes of at least 4 members (excludes halogenated alkanes) is 1. The molecule has 1 unspecified atom stereocenters. The third-order valence-electron chi connectivity index (χ3n) is 6.60. The van der Waals surface area contributed by atoms with Crippen molar-refractivity contribution in [2.75, 3.05) is 13.2 Å². The fourth-order valence-electron chi connectivity index (χ4n) is 4.61. The number of nitrogens with one attached hydrogen (secondary N) is 1. The van der Waals surface area contributed by atoms with Gasteiger partial charge in [-0.25, -0.2) is 0 Å². The zero-order valence-corrected chi connectivity index (χ0v) is 21.4. The molecule has 0 fully saturated rings. The zero-order chi connectivity index (χ0) is 24.9. The van der Waals surface area contributed by atoms with Crippen LogP contribution in [0.4, 0.5) is 0 Å². The summed E-state index contributed by atoms with van der Waals surface area (Å²) in [5.41, 5.74) is 7.98. The molecule has 0 spiro atoms. The lowest BCUT2D eigenvalue weighted by Crippen LogP contribution is -2.26. The summed E-state index contributed by atoms with van der Waals surface area (Å²) < 4.78 is 0. The third kappa shape index (κ3) is 8.36. The third-order valence-corrected chi connectivity index (χ3v) is 6.60. The second kappa shape index (κ2) is 14.5. The molecule has 0 heterocycles. The highest BCUT2D eigenvalue weighted by Crippen LogP contribution is 2.33. The van der Waals surface area contributed by atoms with E-state index in [1.807, 2.05) is 0 Å². The van der Waals surface area contributed by atoms with Crippen LogP contribution < -0.4 is 5.32 Å². The summed E-state index contributed by atoms with van der Waals surface area (Å²) in [4.78, 5) is 11.8. The minimum absolute atomic E-state index is 0.00429. The molecule has 2 N–H and O–H groups in total. The Hall–Kier alpha value is -2.91. The molecule has 0 bridgehead atoms. The van der Waals surface area contributed by atoms with Crippen LogP contribution in [0.25, 0.3) is 0 Å². The number of carbonyl (C=O) groups excluding carboxylic acids is 1. The number of carbonyl (C=O) groups is 1. The molecule has 35 heavy (non-hydrogen) atoms. The van der Waals surface area contributed by atoms with Gasteiger partial charge in [0, 0.05) is 18.9 Å². The standard InChI is InChI=1S/C32H41NO2/c1-3-5-8-26-13-19-29(20-14-26)32(28-17-11-25(7-4-2)12-18-28)30-21-15-27(16-22-30)9-6-10-31(35)33-23-24-34/h11-22,32,34H,3-10,23-24H2,1-2H3,(H,33,35). The van der Waals surface area contributed by atoms with Gasteiger partial charge < -0.3 is 10.4 Å². The maximum atomic E-state index is 11.8. The molecule has 1 atom stereocenters. The lowest BCUT2D eigenvalue weighted by atomic mass is 9.84. The van der Waals surface area contributed by atoms with Crippen LogP contribution in [0.15, 0.2) is 72.8 Å². The number of amides is 1. The monoisotopic (exact) mass is 471 g/mol. The topological polar surface area (TPSA) is 49.3 Å². The van der Waals surface area contributed by atoms with E-state index in [1.54, 1.807) is 0 Å². The van der Waals surface area contributed by atoms with E-state index >= 15 is 0 Å². The van der Waals surface area contributed by atoms with Crippen molar-refractivity contribution in [1.82, 2.24) is 5.32 Å². The molecular formula is C32H41NO2. The van der Waals surface area contributed by atoms with Crippen molar-refractivity contribution >= 4 is 5.91 Å². The highest BCUT2D eigenvalue weighted by molar-refractivity contribution is 5.75. The van der Waals surface area contributed by atoms with Gasteiger partial charge in [-0.05, 0) is 65.5 Å². The van der Waals surface area contributed by atoms with E-state index in [4.69, 9.17) is 5.11 Å². The predicted octanol–water partition coefficient (Wildman–Crippen LogP) is 6.59. The molecule has 186 valence electrons. The number of hydrogen-bond acceptors (Lipinski definition) is 2. The molecule has 3 rings (SSSR count). The van der Waals surface area contributed by atoms with E-state index < -0.39 is 0 Å². The molecular weight excluding hydrogens is 430 g/mol. The molecule has 3 aromatic carbocycles. The second-order valence-electron chi connectivity index (χ2n) is 9.44. The molecule has 0 aliphatic rings. The average molecular weight is 472 g/mol. The lowest BCUT2D eigenvalue weighted by Gasteiger charge is -2.20. The van der Waals surface area contributed by atoms with Gasteiger partial charge in [0.05, 0.1) is 6.61 Å². The number of aryl methyl sites for hydroxylation is 3. The summed E-state index contributed by atoms with van der Waals surface area (Å²) in [5, 5.41) is 11.5. The number of hydrogen-bond donors (Lipinski definition) is 2. The van der Waals surface area contributed by atoms with Gasteiger partial charge >= 0.3 is 0 Å². The highest BCUT2D eigenvalue weighted by atomic mass is 16.3. The van der Waals surface area contributed by atoms with Crippen LogP contribution >= 0.6 is 0 Å². The van der Waals surface area contributed by atoms with Gasteiger partial charge in [0.1, 0.15) is 0 Å². The molecule has 0 aliphatic carbocycles. The first-order valence-electron chi connectivity index (χ1n) is 13.3. The van der Waals surface area contributed by atoms with E-state index in [-0.39, 0.29) is 18.4 Å². The molecule has 3 aromatic rings. The summed E-state index contributed by atoms with van der Waals surface area (Å²) >= 11 is 0. The van der Waals surface area contributed by atoms with Gasteiger partial charge in [-0.2, -0.15) is 0 Å². The van der Waals surface area contributed by atoms with E-state index in [0.29, 0.717) is 13.0 Å². The number of aliphatic hydroxyl groups excluding tert-OH is 1. The van der Waals surface area contributed by atoms with Gasteiger partial charge in [-0.1, -0.05) is 99.5 Å². The maximum Gasteiger partial charge on any atom is 0.220 e. The summed E-state index contributed by atoms with van der Waals surface area (Å²) in [5.74, 6) is 0.203. The quantitative estimate of drug-likeness (QED) is 0.260. The van der Waals surface area contributed by atoms with Crippen molar-refractivity contribution in [2.45, 2.75) is 71.1 Å². The second-order valence-corrected chi connectivity index (χ2v) is 9.44. The summed E-state index contributed by atoms with van der Waals surface area (Å²) in [6, 6.07) is 27.2. The van der Waals surface area contributed by atoms with Crippen molar-refractivity contribution in [2.24, 2.45) is 0 Å². The predicted molar refractivity (Wildman–Crippen MR) is 146 cm³/mol. The van der Waals surface area contributed by atoms with Gasteiger partial charge in [0.25, 0.3) is 0 Å². The molecule has 1 amide bonds. The van der Waals surface area contributed by atoms with E-state index in [0.717, 1.165) is 32.1 Å². The number of rotatable bonds is 14. The SMILES string of the molecule is CCCCc1ccc(C(c2ccc(CCC)cc2)c2ccc(CCCC(=O)NCCO)cc2)cc1. The Balaban J connectivity index is 1.77. The van der Waals surface area contributed by atoms with Crippen LogP contribution in [0.3, 0.4) is 0 Å². The number of aliphatic hydroxyl groups is 1. The minimum atomic E-state index is -0.0167. The van der Waals surface area contributed by atoms with Crippen molar-refractivity contribution in [3.8, 4) is 0 Å². The van der Waals surface area contributed by atoms with Crippen molar-refractivity contribution in [3.63, 3.8) is 0 Å². The minimum Gasteiger partial charge on any atom is -0.395 e. The molecule has 3 nitrogen and oxygen atoms in total. The summed E-state index contributed by atoms with van der Waals surface area (Å²) in [6.45, 7) is 4.77. The van der Waals surface area contributed by atoms with Crippen molar-refractivity contribution < 1.29 is 9.90 Å². The lowest BCUT2D eigenvalue weighted by molar-refractivity contribution is -0.121. The Morgan fingerprint density at radius 2 is 1.14 bits per heavy atom. The first-order chi connectivity index (χ1) is 17.1. The van der Waals surface area contributed by atoms with Crippen LogP contribution in [0.5, 0.6) is 0 Å². The summed E-state index contributed by atoms with van der Waals surface area (Å²) in [6.07, 6.45) is 8.02. The van der Waals surface area contributed by atoms with E-state index in [9.17, 15) is 4.79 Å². The zero-order valence-electron chi connectivity index (χ0n) is 21.4. The van der Waals surface area contributed by atoms with Crippen LogP contribution in [-0.2, 0) is 24.1 Å². The van der Waals surface area contributed by atoms with E-state index in [2.05, 4.69) is 92.0 Å². The normalized spacial score (nSPS) is 11.9. The molecule has 3 heteroatoms. The van der Waals surface area contributed by atoms with Gasteiger partial charge in [0.15, 0.2) is 0 Å². The Labute approximate surface area is 211 Å². The Morgan fingerprint density at radius 3 is 1.57 bits per heavy atom. The molecule has 0 saturated heterocycles. The Kier molecular flexibility index (Phi) is 11.0. The molecule has 0 aromatic heterocycles. The molecule has 0 aliphatic heterocycles. The fourth-order valence-corrected chi connectivity index (χ4v) is 4.61. The van der Waals surface area contributed by atoms with Crippen molar-refractivity contribution in [1.29, 1.82) is 0 Å². The Morgan fingerprint density at radius 1 is 0.686 bits per heavy atom. The average Bonchev–Trinajstić information content (AvgIpc) is 2.89. The maximum absolute atomic E-state index is 11.8. The number of benzene rings is 3. The van der Waals surface area contributed by atoms with Crippen LogP contribution in [0.1, 0.15) is 85.3 Å². The van der Waals surface area contributed by atoms with Gasteiger partial charge in [-0.3, -0.25) is 4.79 Å². The van der Waals surface area contributed by atoms with Crippen molar-refractivity contribution in [3.05, 3.63) is 106 Å². The van der Waals surface area contributed by atoms with Crippen LogP contribution in [0, 0.1) is 0 Å². The van der Waals surface area contributed by atoms with Crippen LogP contribution in [0.2, 0.25) is 0 Å². The smallest absolute Gasteiger partial charge is 0.220 e. The molecule has 0 radical (unpaired) electrons. The molecule has 0 saturated carbocycles. The first-order valence-corrected chi connectivity index (χ1v) is 13.3. The first kappa shape index (κ1) is 26.7. The van der Waals surface area contributed by atoms with Crippen LogP contribution in [-0.4, -0.2) is 24.2 Å².